The molecule has 0 spiro atoms. The van der Waals surface area contributed by atoms with Crippen molar-refractivity contribution in [3.63, 3.8) is 0 Å². The van der Waals surface area contributed by atoms with Gasteiger partial charge in [-0.25, -0.2) is 9.37 Å². The number of benzene rings is 2. The second-order valence-electron chi connectivity index (χ2n) is 6.72. The monoisotopic (exact) mass is 439 g/mol. The Kier molecular flexibility index (Phi) is 5.69. The first-order valence-corrected chi connectivity index (χ1v) is 11.1. The van der Waals surface area contributed by atoms with E-state index in [1.54, 1.807) is 23.6 Å². The number of aryl methyl sites for hydroxylation is 2. The van der Waals surface area contributed by atoms with Crippen LogP contribution in [0.4, 0.5) is 10.1 Å². The quantitative estimate of drug-likeness (QED) is 0.354. The van der Waals surface area contributed by atoms with Crippen molar-refractivity contribution in [2.75, 3.05) is 11.1 Å². The Morgan fingerprint density at radius 3 is 2.60 bits per heavy atom. The molecule has 0 radical (unpaired) electrons. The van der Waals surface area contributed by atoms with Crippen LogP contribution in [0.5, 0.6) is 0 Å². The summed E-state index contributed by atoms with van der Waals surface area (Å²) in [6, 6.07) is 13.6. The molecule has 0 aliphatic carbocycles. The van der Waals surface area contributed by atoms with E-state index >= 15 is 0 Å². The van der Waals surface area contributed by atoms with Crippen LogP contribution >= 0.6 is 23.1 Å². The number of amides is 1. The van der Waals surface area contributed by atoms with E-state index in [9.17, 15) is 14.0 Å². The fraction of sp³-hybridized carbons (Fsp3) is 0.136. The molecule has 1 N–H and O–H groups in total. The third-order valence-corrected chi connectivity index (χ3v) is 6.45. The van der Waals surface area contributed by atoms with Crippen molar-refractivity contribution >= 4 is 44.9 Å². The number of hydrogen-bond donors (Lipinski definition) is 1. The molecule has 0 saturated heterocycles. The molecular formula is C22H18FN3O2S2. The van der Waals surface area contributed by atoms with Crippen LogP contribution in [0.3, 0.4) is 0 Å². The number of carbonyl (C=O) groups excluding carboxylic acids is 1. The summed E-state index contributed by atoms with van der Waals surface area (Å²) < 4.78 is 16.2. The lowest BCUT2D eigenvalue weighted by molar-refractivity contribution is -0.113. The van der Waals surface area contributed by atoms with Gasteiger partial charge in [0.05, 0.1) is 17.0 Å². The zero-order valence-electron chi connectivity index (χ0n) is 16.3. The van der Waals surface area contributed by atoms with Crippen molar-refractivity contribution in [1.29, 1.82) is 0 Å². The van der Waals surface area contributed by atoms with Crippen LogP contribution in [0.2, 0.25) is 0 Å². The summed E-state index contributed by atoms with van der Waals surface area (Å²) in [6.45, 7) is 3.86. The topological polar surface area (TPSA) is 64.0 Å². The average molecular weight is 440 g/mol. The number of nitrogens with zero attached hydrogens (tertiary/aromatic N) is 2. The van der Waals surface area contributed by atoms with Crippen molar-refractivity contribution in [3.8, 4) is 5.69 Å². The van der Waals surface area contributed by atoms with E-state index in [0.717, 1.165) is 28.6 Å². The standard InChI is InChI=1S/C22H18FN3O2S2/c1-13-6-5-7-14(2)19(13)25-18(27)12-30-22-24-16-10-11-29-20(16)21(28)26(22)17-9-4-3-8-15(17)23/h3-11H,12H2,1-2H3,(H,25,27). The molecule has 2 heterocycles. The van der Waals surface area contributed by atoms with Gasteiger partial charge in [0.15, 0.2) is 5.16 Å². The zero-order chi connectivity index (χ0) is 21.3. The summed E-state index contributed by atoms with van der Waals surface area (Å²) in [5.74, 6) is -0.721. The average Bonchev–Trinajstić information content (AvgIpc) is 3.19. The number of rotatable bonds is 5. The van der Waals surface area contributed by atoms with Crippen molar-refractivity contribution in [1.82, 2.24) is 9.55 Å². The lowest BCUT2D eigenvalue weighted by Gasteiger charge is -2.14. The number of para-hydroxylation sites is 2. The van der Waals surface area contributed by atoms with Crippen LogP contribution < -0.4 is 10.9 Å². The van der Waals surface area contributed by atoms with Crippen molar-refractivity contribution in [2.24, 2.45) is 0 Å². The van der Waals surface area contributed by atoms with Gasteiger partial charge in [-0.3, -0.25) is 14.2 Å². The first-order valence-electron chi connectivity index (χ1n) is 9.19. The van der Waals surface area contributed by atoms with Crippen LogP contribution in [-0.2, 0) is 4.79 Å². The minimum Gasteiger partial charge on any atom is -0.325 e. The minimum absolute atomic E-state index is 0.0321. The largest absolute Gasteiger partial charge is 0.325 e. The second kappa shape index (κ2) is 8.41. The molecule has 0 aliphatic heterocycles. The molecule has 0 saturated carbocycles. The third-order valence-electron chi connectivity index (χ3n) is 4.62. The Labute approximate surface area is 180 Å². The van der Waals surface area contributed by atoms with Crippen LogP contribution in [-0.4, -0.2) is 21.2 Å². The zero-order valence-corrected chi connectivity index (χ0v) is 17.9. The van der Waals surface area contributed by atoms with E-state index in [0.29, 0.717) is 10.2 Å². The Balaban J connectivity index is 1.67. The molecule has 8 heteroatoms. The van der Waals surface area contributed by atoms with Gasteiger partial charge in [-0.2, -0.15) is 0 Å². The summed E-state index contributed by atoms with van der Waals surface area (Å²) >= 11 is 2.36. The predicted octanol–water partition coefficient (Wildman–Crippen LogP) is 4.93. The maximum Gasteiger partial charge on any atom is 0.276 e. The van der Waals surface area contributed by atoms with Gasteiger partial charge in [-0.05, 0) is 48.6 Å². The summed E-state index contributed by atoms with van der Waals surface area (Å²) in [5, 5.41) is 4.96. The molecule has 0 unspecified atom stereocenters. The van der Waals surface area contributed by atoms with Crippen molar-refractivity contribution < 1.29 is 9.18 Å². The number of aromatic nitrogens is 2. The Morgan fingerprint density at radius 1 is 1.13 bits per heavy atom. The smallest absolute Gasteiger partial charge is 0.276 e. The molecule has 5 nitrogen and oxygen atoms in total. The first kappa shape index (κ1) is 20.3. The summed E-state index contributed by atoms with van der Waals surface area (Å²) in [6.07, 6.45) is 0. The van der Waals surface area contributed by atoms with Gasteiger partial charge in [0.2, 0.25) is 5.91 Å². The molecule has 0 fully saturated rings. The number of anilines is 1. The fourth-order valence-electron chi connectivity index (χ4n) is 3.15. The number of thioether (sulfide) groups is 1. The lowest BCUT2D eigenvalue weighted by atomic mass is 10.1. The highest BCUT2D eigenvalue weighted by Gasteiger charge is 2.18. The lowest BCUT2D eigenvalue weighted by Crippen LogP contribution is -2.23. The van der Waals surface area contributed by atoms with E-state index in [1.165, 1.54) is 28.0 Å². The number of halogens is 1. The van der Waals surface area contributed by atoms with Gasteiger partial charge in [-0.1, -0.05) is 42.1 Å². The Hall–Kier alpha value is -2.97. The van der Waals surface area contributed by atoms with Crippen LogP contribution in [0.1, 0.15) is 11.1 Å². The molecule has 0 atom stereocenters. The summed E-state index contributed by atoms with van der Waals surface area (Å²) in [5.41, 5.74) is 3.01. The Bertz CT molecular complexity index is 1290. The van der Waals surface area contributed by atoms with Crippen molar-refractivity contribution in [2.45, 2.75) is 19.0 Å². The molecule has 2 aromatic carbocycles. The highest BCUT2D eigenvalue weighted by Crippen LogP contribution is 2.25. The second-order valence-corrected chi connectivity index (χ2v) is 8.58. The van der Waals surface area contributed by atoms with Gasteiger partial charge >= 0.3 is 0 Å². The highest BCUT2D eigenvalue weighted by molar-refractivity contribution is 7.99. The number of carbonyl (C=O) groups is 1. The van der Waals surface area contributed by atoms with Gasteiger partial charge in [0.25, 0.3) is 5.56 Å². The molecule has 0 bridgehead atoms. The van der Waals surface area contributed by atoms with Gasteiger partial charge in [0.1, 0.15) is 10.5 Å². The predicted molar refractivity (Wildman–Crippen MR) is 120 cm³/mol. The van der Waals surface area contributed by atoms with Crippen LogP contribution in [0.25, 0.3) is 15.9 Å². The molecule has 152 valence electrons. The van der Waals surface area contributed by atoms with Crippen molar-refractivity contribution in [3.05, 3.63) is 81.2 Å². The highest BCUT2D eigenvalue weighted by atomic mass is 32.2. The van der Waals surface area contributed by atoms with Gasteiger partial charge in [-0.15, -0.1) is 11.3 Å². The van der Waals surface area contributed by atoms with Gasteiger partial charge < -0.3 is 5.32 Å². The van der Waals surface area contributed by atoms with E-state index < -0.39 is 5.82 Å². The van der Waals surface area contributed by atoms with Gasteiger partial charge in [0, 0.05) is 5.69 Å². The SMILES string of the molecule is Cc1cccc(C)c1NC(=O)CSc1nc2ccsc2c(=O)n1-c1ccccc1F. The number of nitrogens with one attached hydrogen (secondary N) is 1. The summed E-state index contributed by atoms with van der Waals surface area (Å²) in [4.78, 5) is 30.1. The van der Waals surface area contributed by atoms with E-state index in [-0.39, 0.29) is 28.1 Å². The van der Waals surface area contributed by atoms with E-state index in [1.807, 2.05) is 32.0 Å². The maximum atomic E-state index is 14.5. The minimum atomic E-state index is -0.529. The first-order chi connectivity index (χ1) is 14.5. The normalized spacial score (nSPS) is 11.0. The Morgan fingerprint density at radius 2 is 1.87 bits per heavy atom. The molecule has 4 rings (SSSR count). The molecular weight excluding hydrogens is 421 g/mol. The molecule has 0 aliphatic rings. The van der Waals surface area contributed by atoms with E-state index in [2.05, 4.69) is 10.3 Å². The third kappa shape index (κ3) is 3.88. The van der Waals surface area contributed by atoms with E-state index in [4.69, 9.17) is 0 Å². The molecule has 4 aromatic rings. The number of thiophene rings is 1. The molecule has 30 heavy (non-hydrogen) atoms. The van der Waals surface area contributed by atoms with Crippen LogP contribution in [0.15, 0.2) is 63.9 Å². The number of fused-ring (bicyclic) bond motifs is 1. The molecule has 1 amide bonds. The maximum absolute atomic E-state index is 14.5. The molecule has 2 aromatic heterocycles. The number of hydrogen-bond acceptors (Lipinski definition) is 5. The van der Waals surface area contributed by atoms with Crippen LogP contribution in [0, 0.1) is 19.7 Å². The summed E-state index contributed by atoms with van der Waals surface area (Å²) in [7, 11) is 0. The fourth-order valence-corrected chi connectivity index (χ4v) is 4.72.